The first-order chi connectivity index (χ1) is 15.1. The Morgan fingerprint density at radius 3 is 2.65 bits per heavy atom. The molecular formula is C23H27N3O4S. The smallest absolute Gasteiger partial charge is 0.266 e. The normalized spacial score (nSPS) is 14.5. The number of benzene rings is 2. The summed E-state index contributed by atoms with van der Waals surface area (Å²) in [6, 6.07) is 13.4. The summed E-state index contributed by atoms with van der Waals surface area (Å²) >= 11 is 1.49. The molecule has 0 aliphatic carbocycles. The SMILES string of the molecule is COc1ccc2nc(N(CCN3CCOCC3)C(=O)COc3ccc(C)cc3)sc2c1. The molecule has 2 heterocycles. The molecule has 0 atom stereocenters. The molecule has 0 N–H and O–H groups in total. The maximum Gasteiger partial charge on any atom is 0.266 e. The van der Waals surface area contributed by atoms with E-state index in [1.807, 2.05) is 49.4 Å². The molecule has 1 fully saturated rings. The first-order valence-electron chi connectivity index (χ1n) is 10.4. The van der Waals surface area contributed by atoms with Crippen molar-refractivity contribution in [1.29, 1.82) is 0 Å². The largest absolute Gasteiger partial charge is 0.497 e. The van der Waals surface area contributed by atoms with Gasteiger partial charge in [-0.15, -0.1) is 0 Å². The summed E-state index contributed by atoms with van der Waals surface area (Å²) in [4.78, 5) is 21.9. The van der Waals surface area contributed by atoms with Gasteiger partial charge in [-0.25, -0.2) is 4.98 Å². The van der Waals surface area contributed by atoms with Gasteiger partial charge in [-0.05, 0) is 37.3 Å². The fourth-order valence-corrected chi connectivity index (χ4v) is 4.42. The molecule has 2 aromatic carbocycles. The molecule has 7 nitrogen and oxygen atoms in total. The minimum absolute atomic E-state index is 0.0363. The Morgan fingerprint density at radius 1 is 1.16 bits per heavy atom. The van der Waals surface area contributed by atoms with Gasteiger partial charge < -0.3 is 14.2 Å². The number of methoxy groups -OCH3 is 1. The summed E-state index contributed by atoms with van der Waals surface area (Å²) in [6.07, 6.45) is 0. The van der Waals surface area contributed by atoms with Crippen LogP contribution in [0.25, 0.3) is 10.2 Å². The predicted molar refractivity (Wildman–Crippen MR) is 122 cm³/mol. The molecule has 0 saturated carbocycles. The van der Waals surface area contributed by atoms with Gasteiger partial charge in [0.05, 0.1) is 30.5 Å². The van der Waals surface area contributed by atoms with Gasteiger partial charge in [0.2, 0.25) is 0 Å². The third kappa shape index (κ3) is 5.52. The lowest BCUT2D eigenvalue weighted by atomic mass is 10.2. The number of carbonyl (C=O) groups excluding carboxylic acids is 1. The number of thiazole rings is 1. The molecule has 0 unspecified atom stereocenters. The van der Waals surface area contributed by atoms with E-state index in [2.05, 4.69) is 4.90 Å². The molecule has 0 radical (unpaired) electrons. The lowest BCUT2D eigenvalue weighted by molar-refractivity contribution is -0.120. The third-order valence-corrected chi connectivity index (χ3v) is 6.28. The highest BCUT2D eigenvalue weighted by Crippen LogP contribution is 2.31. The number of aromatic nitrogens is 1. The maximum atomic E-state index is 13.2. The summed E-state index contributed by atoms with van der Waals surface area (Å²) in [5.74, 6) is 1.34. The second kappa shape index (κ2) is 10.1. The van der Waals surface area contributed by atoms with Crippen LogP contribution in [0.3, 0.4) is 0 Å². The van der Waals surface area contributed by atoms with E-state index < -0.39 is 0 Å². The number of amides is 1. The highest BCUT2D eigenvalue weighted by Gasteiger charge is 2.22. The molecule has 8 heteroatoms. The number of ether oxygens (including phenoxy) is 3. The van der Waals surface area contributed by atoms with E-state index in [4.69, 9.17) is 19.2 Å². The second-order valence-corrected chi connectivity index (χ2v) is 8.44. The fourth-order valence-electron chi connectivity index (χ4n) is 3.39. The Kier molecular flexibility index (Phi) is 7.01. The topological polar surface area (TPSA) is 64.1 Å². The molecule has 164 valence electrons. The summed E-state index contributed by atoms with van der Waals surface area (Å²) in [5.41, 5.74) is 2.00. The van der Waals surface area contributed by atoms with Crippen LogP contribution in [0.5, 0.6) is 11.5 Å². The minimum Gasteiger partial charge on any atom is -0.497 e. The van der Waals surface area contributed by atoms with Gasteiger partial charge in [0, 0.05) is 26.2 Å². The molecule has 0 spiro atoms. The van der Waals surface area contributed by atoms with Crippen molar-refractivity contribution >= 4 is 32.6 Å². The fraction of sp³-hybridized carbons (Fsp3) is 0.391. The van der Waals surface area contributed by atoms with Gasteiger partial charge >= 0.3 is 0 Å². The van der Waals surface area contributed by atoms with E-state index in [9.17, 15) is 4.79 Å². The highest BCUT2D eigenvalue weighted by molar-refractivity contribution is 7.22. The monoisotopic (exact) mass is 441 g/mol. The second-order valence-electron chi connectivity index (χ2n) is 7.43. The molecule has 0 bridgehead atoms. The van der Waals surface area contributed by atoms with Crippen LogP contribution in [0, 0.1) is 6.92 Å². The Hall–Kier alpha value is -2.68. The van der Waals surface area contributed by atoms with Crippen LogP contribution in [-0.4, -0.2) is 68.9 Å². The molecule has 4 rings (SSSR count). The lowest BCUT2D eigenvalue weighted by Gasteiger charge is -2.29. The summed E-state index contributed by atoms with van der Waals surface area (Å²) < 4.78 is 17.5. The Labute approximate surface area is 186 Å². The van der Waals surface area contributed by atoms with Gasteiger partial charge in [0.15, 0.2) is 11.7 Å². The van der Waals surface area contributed by atoms with Crippen molar-refractivity contribution in [2.45, 2.75) is 6.92 Å². The van der Waals surface area contributed by atoms with Crippen LogP contribution in [0.4, 0.5) is 5.13 Å². The number of fused-ring (bicyclic) bond motifs is 1. The number of carbonyl (C=O) groups is 1. The van der Waals surface area contributed by atoms with Crippen LogP contribution in [-0.2, 0) is 9.53 Å². The predicted octanol–water partition coefficient (Wildman–Crippen LogP) is 3.36. The number of aryl methyl sites for hydroxylation is 1. The number of nitrogens with zero attached hydrogens (tertiary/aromatic N) is 3. The van der Waals surface area contributed by atoms with E-state index in [0.29, 0.717) is 17.4 Å². The molecular weight excluding hydrogens is 414 g/mol. The van der Waals surface area contributed by atoms with E-state index in [0.717, 1.165) is 54.4 Å². The maximum absolute atomic E-state index is 13.2. The van der Waals surface area contributed by atoms with E-state index >= 15 is 0 Å². The summed E-state index contributed by atoms with van der Waals surface area (Å²) in [6.45, 7) is 6.50. The van der Waals surface area contributed by atoms with Gasteiger partial charge in [-0.1, -0.05) is 29.0 Å². The molecule has 1 aliphatic rings. The van der Waals surface area contributed by atoms with Crippen molar-refractivity contribution in [1.82, 2.24) is 9.88 Å². The highest BCUT2D eigenvalue weighted by atomic mass is 32.1. The zero-order valence-electron chi connectivity index (χ0n) is 17.9. The quantitative estimate of drug-likeness (QED) is 0.534. The number of morpholine rings is 1. The van der Waals surface area contributed by atoms with Crippen molar-refractivity contribution < 1.29 is 19.0 Å². The number of hydrogen-bond donors (Lipinski definition) is 0. The van der Waals surface area contributed by atoms with Gasteiger partial charge in [0.1, 0.15) is 11.5 Å². The molecule has 1 amide bonds. The zero-order valence-corrected chi connectivity index (χ0v) is 18.7. The van der Waals surface area contributed by atoms with Gasteiger partial charge in [-0.2, -0.15) is 0 Å². The standard InChI is InChI=1S/C23H27N3O4S/c1-17-3-5-18(6-4-17)30-16-22(27)26(10-9-25-11-13-29-14-12-25)23-24-20-8-7-19(28-2)15-21(20)31-23/h3-8,15H,9-14,16H2,1-2H3. The molecule has 1 aliphatic heterocycles. The summed E-state index contributed by atoms with van der Waals surface area (Å²) in [5, 5.41) is 0.675. The zero-order chi connectivity index (χ0) is 21.6. The molecule has 31 heavy (non-hydrogen) atoms. The Morgan fingerprint density at radius 2 is 1.90 bits per heavy atom. The first kappa shape index (κ1) is 21.5. The van der Waals surface area contributed by atoms with Gasteiger partial charge in [-0.3, -0.25) is 14.6 Å². The van der Waals surface area contributed by atoms with E-state index in [-0.39, 0.29) is 12.5 Å². The van der Waals surface area contributed by atoms with Crippen LogP contribution in [0.1, 0.15) is 5.56 Å². The van der Waals surface area contributed by atoms with Crippen LogP contribution >= 0.6 is 11.3 Å². The van der Waals surface area contributed by atoms with E-state index in [1.54, 1.807) is 12.0 Å². The first-order valence-corrected chi connectivity index (χ1v) is 11.2. The number of rotatable bonds is 8. The van der Waals surface area contributed by atoms with Crippen molar-refractivity contribution in [2.24, 2.45) is 0 Å². The Bertz CT molecular complexity index is 1020. The third-order valence-electron chi connectivity index (χ3n) is 5.24. The van der Waals surface area contributed by atoms with Crippen LogP contribution in [0.2, 0.25) is 0 Å². The average molecular weight is 442 g/mol. The molecule has 3 aromatic rings. The Balaban J connectivity index is 1.51. The van der Waals surface area contributed by atoms with Crippen LogP contribution in [0.15, 0.2) is 42.5 Å². The minimum atomic E-state index is -0.111. The van der Waals surface area contributed by atoms with Crippen molar-refractivity contribution in [3.63, 3.8) is 0 Å². The number of anilines is 1. The van der Waals surface area contributed by atoms with Crippen molar-refractivity contribution in [3.8, 4) is 11.5 Å². The van der Waals surface area contributed by atoms with Crippen molar-refractivity contribution in [3.05, 3.63) is 48.0 Å². The number of hydrogen-bond acceptors (Lipinski definition) is 7. The summed E-state index contributed by atoms with van der Waals surface area (Å²) in [7, 11) is 1.64. The van der Waals surface area contributed by atoms with Gasteiger partial charge in [0.25, 0.3) is 5.91 Å². The van der Waals surface area contributed by atoms with Crippen LogP contribution < -0.4 is 14.4 Å². The molecule has 1 saturated heterocycles. The van der Waals surface area contributed by atoms with E-state index in [1.165, 1.54) is 11.3 Å². The van der Waals surface area contributed by atoms with Crippen molar-refractivity contribution in [2.75, 3.05) is 58.0 Å². The lowest BCUT2D eigenvalue weighted by Crippen LogP contribution is -2.44. The average Bonchev–Trinajstić information content (AvgIpc) is 3.22. The molecule has 1 aromatic heterocycles.